The maximum Gasteiger partial charge on any atom is 0.0608 e. The van der Waals surface area contributed by atoms with Gasteiger partial charge in [-0.05, 0) is 43.7 Å². The quantitative estimate of drug-likeness (QED) is 0.599. The van der Waals surface area contributed by atoms with E-state index in [0.717, 1.165) is 12.8 Å². The molecule has 0 saturated carbocycles. The summed E-state index contributed by atoms with van der Waals surface area (Å²) in [7, 11) is 0. The Kier molecular flexibility index (Phi) is 8.63. The number of hydrogen-bond donors (Lipinski definition) is 2. The third-order valence-corrected chi connectivity index (χ3v) is 4.19. The largest absolute Gasteiger partial charge is 0.394 e. The highest BCUT2D eigenvalue weighted by atomic mass is 16.3. The molecule has 3 N–H and O–H groups in total. The Bertz CT molecular complexity index is 370. The van der Waals surface area contributed by atoms with Crippen LogP contribution >= 0.6 is 0 Å². The fourth-order valence-corrected chi connectivity index (χ4v) is 2.49. The van der Waals surface area contributed by atoms with Crippen LogP contribution in [0, 0.1) is 0 Å². The molecule has 120 valence electrons. The van der Waals surface area contributed by atoms with Crippen molar-refractivity contribution in [1.82, 2.24) is 0 Å². The third kappa shape index (κ3) is 8.23. The summed E-state index contributed by atoms with van der Waals surface area (Å²) in [6.45, 7) is 4.21. The summed E-state index contributed by atoms with van der Waals surface area (Å²) in [5, 5.41) is 9.17. The highest BCUT2D eigenvalue weighted by Crippen LogP contribution is 2.14. The molecule has 0 aliphatic carbocycles. The molecular formula is C19H33NO. The van der Waals surface area contributed by atoms with E-state index in [1.54, 1.807) is 0 Å². The standard InChI is InChI=1S/C19H33NO/c1-3-4-5-6-7-8-9-17-10-12-18(13-11-17)14-15-19(2,20)16-21/h10-13,21H,3-9,14-16,20H2,1-2H3/t19-/m0/s1. The van der Waals surface area contributed by atoms with Gasteiger partial charge in [-0.2, -0.15) is 0 Å². The zero-order valence-corrected chi connectivity index (χ0v) is 13.9. The van der Waals surface area contributed by atoms with Crippen molar-refractivity contribution in [3.8, 4) is 0 Å². The SMILES string of the molecule is CCCCCCCCc1ccc(CC[C@](C)(N)CO)cc1. The lowest BCUT2D eigenvalue weighted by atomic mass is 9.94. The molecule has 1 atom stereocenters. The normalized spacial score (nSPS) is 14.1. The van der Waals surface area contributed by atoms with E-state index in [9.17, 15) is 0 Å². The van der Waals surface area contributed by atoms with E-state index in [1.807, 2.05) is 6.92 Å². The van der Waals surface area contributed by atoms with E-state index in [-0.39, 0.29) is 6.61 Å². The van der Waals surface area contributed by atoms with Gasteiger partial charge in [0.25, 0.3) is 0 Å². The number of unbranched alkanes of at least 4 members (excludes halogenated alkanes) is 5. The number of hydrogen-bond acceptors (Lipinski definition) is 2. The van der Waals surface area contributed by atoms with Crippen molar-refractivity contribution in [1.29, 1.82) is 0 Å². The van der Waals surface area contributed by atoms with Gasteiger partial charge in [-0.25, -0.2) is 0 Å². The van der Waals surface area contributed by atoms with Crippen LogP contribution in [0.4, 0.5) is 0 Å². The summed E-state index contributed by atoms with van der Waals surface area (Å²) in [4.78, 5) is 0. The minimum Gasteiger partial charge on any atom is -0.394 e. The summed E-state index contributed by atoms with van der Waals surface area (Å²) in [5.41, 5.74) is 8.25. The summed E-state index contributed by atoms with van der Waals surface area (Å²) in [5.74, 6) is 0. The van der Waals surface area contributed by atoms with Crippen molar-refractivity contribution in [2.75, 3.05) is 6.61 Å². The Labute approximate surface area is 130 Å². The highest BCUT2D eigenvalue weighted by molar-refractivity contribution is 5.23. The van der Waals surface area contributed by atoms with Crippen LogP contribution in [-0.2, 0) is 12.8 Å². The van der Waals surface area contributed by atoms with Gasteiger partial charge >= 0.3 is 0 Å². The molecule has 2 heteroatoms. The highest BCUT2D eigenvalue weighted by Gasteiger charge is 2.16. The first-order chi connectivity index (χ1) is 10.1. The lowest BCUT2D eigenvalue weighted by Crippen LogP contribution is -2.40. The molecular weight excluding hydrogens is 258 g/mol. The van der Waals surface area contributed by atoms with E-state index < -0.39 is 5.54 Å². The van der Waals surface area contributed by atoms with Crippen molar-refractivity contribution in [3.05, 3.63) is 35.4 Å². The van der Waals surface area contributed by atoms with Crippen LogP contribution in [0.1, 0.15) is 69.9 Å². The maximum atomic E-state index is 9.17. The van der Waals surface area contributed by atoms with E-state index in [1.165, 1.54) is 56.1 Å². The van der Waals surface area contributed by atoms with E-state index in [4.69, 9.17) is 10.8 Å². The molecule has 2 nitrogen and oxygen atoms in total. The molecule has 21 heavy (non-hydrogen) atoms. The van der Waals surface area contributed by atoms with Gasteiger partial charge in [0, 0.05) is 5.54 Å². The summed E-state index contributed by atoms with van der Waals surface area (Å²) >= 11 is 0. The van der Waals surface area contributed by atoms with Crippen LogP contribution in [-0.4, -0.2) is 17.3 Å². The minimum atomic E-state index is -0.461. The molecule has 0 aliphatic rings. The fraction of sp³-hybridized carbons (Fsp3) is 0.684. The van der Waals surface area contributed by atoms with E-state index in [2.05, 4.69) is 31.2 Å². The first kappa shape index (κ1) is 18.2. The summed E-state index contributed by atoms with van der Waals surface area (Å²) in [6, 6.07) is 8.90. The second-order valence-electron chi connectivity index (χ2n) is 6.65. The van der Waals surface area contributed by atoms with Gasteiger partial charge in [0.15, 0.2) is 0 Å². The average molecular weight is 291 g/mol. The Hall–Kier alpha value is -0.860. The molecule has 0 aromatic heterocycles. The molecule has 0 fully saturated rings. The van der Waals surface area contributed by atoms with E-state index in [0.29, 0.717) is 0 Å². The van der Waals surface area contributed by atoms with E-state index >= 15 is 0 Å². The van der Waals surface area contributed by atoms with Gasteiger partial charge in [0.2, 0.25) is 0 Å². The molecule has 0 unspecified atom stereocenters. The Balaban J connectivity index is 2.24. The number of aryl methyl sites for hydroxylation is 2. The van der Waals surface area contributed by atoms with Gasteiger partial charge in [-0.3, -0.25) is 0 Å². The van der Waals surface area contributed by atoms with Gasteiger partial charge in [0.1, 0.15) is 0 Å². The smallest absolute Gasteiger partial charge is 0.0608 e. The number of nitrogens with two attached hydrogens (primary N) is 1. The predicted octanol–water partition coefficient (Wildman–Crippen LogP) is 4.23. The number of aliphatic hydroxyl groups excluding tert-OH is 1. The maximum absolute atomic E-state index is 9.17. The Morgan fingerprint density at radius 1 is 0.905 bits per heavy atom. The molecule has 0 heterocycles. The van der Waals surface area contributed by atoms with Gasteiger partial charge in [0.05, 0.1) is 6.61 Å². The second-order valence-corrected chi connectivity index (χ2v) is 6.65. The van der Waals surface area contributed by atoms with Crippen molar-refractivity contribution < 1.29 is 5.11 Å². The van der Waals surface area contributed by atoms with Crippen molar-refractivity contribution in [2.24, 2.45) is 5.73 Å². The topological polar surface area (TPSA) is 46.2 Å². The lowest BCUT2D eigenvalue weighted by Gasteiger charge is -2.21. The molecule has 0 spiro atoms. The molecule has 1 aromatic rings. The van der Waals surface area contributed by atoms with Crippen LogP contribution in [0.2, 0.25) is 0 Å². The lowest BCUT2D eigenvalue weighted by molar-refractivity contribution is 0.200. The first-order valence-electron chi connectivity index (χ1n) is 8.55. The van der Waals surface area contributed by atoms with Crippen LogP contribution in [0.5, 0.6) is 0 Å². The van der Waals surface area contributed by atoms with Gasteiger partial charge < -0.3 is 10.8 Å². The van der Waals surface area contributed by atoms with Crippen LogP contribution in [0.15, 0.2) is 24.3 Å². The molecule has 0 radical (unpaired) electrons. The van der Waals surface area contributed by atoms with Crippen LogP contribution in [0.3, 0.4) is 0 Å². The monoisotopic (exact) mass is 291 g/mol. The zero-order valence-electron chi connectivity index (χ0n) is 13.9. The second kappa shape index (κ2) is 9.97. The molecule has 1 aromatic carbocycles. The Morgan fingerprint density at radius 2 is 1.43 bits per heavy atom. The van der Waals surface area contributed by atoms with Gasteiger partial charge in [-0.15, -0.1) is 0 Å². The number of aliphatic hydroxyl groups is 1. The van der Waals surface area contributed by atoms with Crippen molar-refractivity contribution >= 4 is 0 Å². The van der Waals surface area contributed by atoms with Gasteiger partial charge in [-0.1, -0.05) is 63.3 Å². The fourth-order valence-electron chi connectivity index (χ4n) is 2.49. The van der Waals surface area contributed by atoms with Crippen molar-refractivity contribution in [2.45, 2.75) is 77.2 Å². The molecule has 0 aliphatic heterocycles. The first-order valence-corrected chi connectivity index (χ1v) is 8.55. The summed E-state index contributed by atoms with van der Waals surface area (Å²) in [6.07, 6.45) is 11.1. The molecule has 0 saturated heterocycles. The predicted molar refractivity (Wildman–Crippen MR) is 91.5 cm³/mol. The van der Waals surface area contributed by atoms with Crippen LogP contribution in [0.25, 0.3) is 0 Å². The molecule has 0 amide bonds. The summed E-state index contributed by atoms with van der Waals surface area (Å²) < 4.78 is 0. The Morgan fingerprint density at radius 3 is 2.00 bits per heavy atom. The molecule has 1 rings (SSSR count). The minimum absolute atomic E-state index is 0.0448. The average Bonchev–Trinajstić information content (AvgIpc) is 2.50. The number of rotatable bonds is 11. The molecule has 0 bridgehead atoms. The van der Waals surface area contributed by atoms with Crippen molar-refractivity contribution in [3.63, 3.8) is 0 Å². The third-order valence-electron chi connectivity index (χ3n) is 4.19. The number of benzene rings is 1. The van der Waals surface area contributed by atoms with Crippen LogP contribution < -0.4 is 5.73 Å². The zero-order chi connectivity index (χ0) is 15.6.